The summed E-state index contributed by atoms with van der Waals surface area (Å²) in [6.07, 6.45) is -0.136. The number of nitro groups is 1. The highest BCUT2D eigenvalue weighted by Gasteiger charge is 2.18. The lowest BCUT2D eigenvalue weighted by molar-refractivity contribution is -0.384. The number of carbonyl (C=O) groups is 1. The maximum Gasteiger partial charge on any atom is 0.270 e. The van der Waals surface area contributed by atoms with Gasteiger partial charge in [-0.2, -0.15) is 0 Å². The van der Waals surface area contributed by atoms with Gasteiger partial charge in [0.05, 0.1) is 17.1 Å². The zero-order chi connectivity index (χ0) is 17.9. The lowest BCUT2D eigenvalue weighted by Gasteiger charge is -2.11. The standard InChI is InChI=1S/C18H18N2O4/c1-11-7-12(2)18(13(3)8-11)17(21)10-16(19-22)14-5-4-6-15(9-14)20(23)24/h4-9,22H,10H2,1-3H3/b19-16+. The molecule has 0 aliphatic rings. The van der Waals surface area contributed by atoms with E-state index in [0.29, 0.717) is 11.1 Å². The van der Waals surface area contributed by atoms with Gasteiger partial charge in [0.1, 0.15) is 0 Å². The average Bonchev–Trinajstić information content (AvgIpc) is 2.51. The molecule has 0 atom stereocenters. The number of aryl methyl sites for hydroxylation is 3. The summed E-state index contributed by atoms with van der Waals surface area (Å²) in [4.78, 5) is 23.0. The number of nitrogens with zero attached hydrogens (tertiary/aromatic N) is 2. The van der Waals surface area contributed by atoms with Crippen molar-refractivity contribution in [3.8, 4) is 0 Å². The van der Waals surface area contributed by atoms with Crippen LogP contribution in [0.4, 0.5) is 5.69 Å². The number of oxime groups is 1. The summed E-state index contributed by atoms with van der Waals surface area (Å²) in [5.41, 5.74) is 3.69. The van der Waals surface area contributed by atoms with Gasteiger partial charge in [0.25, 0.3) is 5.69 Å². The molecule has 0 aromatic heterocycles. The van der Waals surface area contributed by atoms with Crippen LogP contribution in [0.2, 0.25) is 0 Å². The average molecular weight is 326 g/mol. The highest BCUT2D eigenvalue weighted by molar-refractivity contribution is 6.16. The number of hydrogen-bond donors (Lipinski definition) is 1. The van der Waals surface area contributed by atoms with Gasteiger partial charge in [0, 0.05) is 23.3 Å². The third-order valence-electron chi connectivity index (χ3n) is 3.79. The molecule has 2 aromatic carbocycles. The molecule has 24 heavy (non-hydrogen) atoms. The summed E-state index contributed by atoms with van der Waals surface area (Å²) >= 11 is 0. The van der Waals surface area contributed by atoms with Crippen molar-refractivity contribution in [3.05, 3.63) is 74.3 Å². The van der Waals surface area contributed by atoms with Crippen molar-refractivity contribution in [2.75, 3.05) is 0 Å². The van der Waals surface area contributed by atoms with Crippen LogP contribution in [-0.2, 0) is 0 Å². The SMILES string of the molecule is Cc1cc(C)c(C(=O)C/C(=N\O)c2cccc([N+](=O)[O-])c2)c(C)c1. The van der Waals surface area contributed by atoms with Crippen molar-refractivity contribution in [1.82, 2.24) is 0 Å². The van der Waals surface area contributed by atoms with E-state index >= 15 is 0 Å². The summed E-state index contributed by atoms with van der Waals surface area (Å²) in [7, 11) is 0. The van der Waals surface area contributed by atoms with Crippen molar-refractivity contribution in [2.24, 2.45) is 5.16 Å². The van der Waals surface area contributed by atoms with E-state index in [-0.39, 0.29) is 23.6 Å². The number of Topliss-reactive ketones (excluding diaryl/α,β-unsaturated/α-hetero) is 1. The van der Waals surface area contributed by atoms with Gasteiger partial charge >= 0.3 is 0 Å². The predicted octanol–water partition coefficient (Wildman–Crippen LogP) is 3.97. The van der Waals surface area contributed by atoms with E-state index < -0.39 is 4.92 Å². The molecule has 0 saturated carbocycles. The summed E-state index contributed by atoms with van der Waals surface area (Å²) < 4.78 is 0. The van der Waals surface area contributed by atoms with Crippen molar-refractivity contribution in [2.45, 2.75) is 27.2 Å². The van der Waals surface area contributed by atoms with E-state index in [1.54, 1.807) is 6.07 Å². The smallest absolute Gasteiger partial charge is 0.270 e. The second-order valence-electron chi connectivity index (χ2n) is 5.73. The molecule has 0 radical (unpaired) electrons. The maximum atomic E-state index is 12.6. The molecule has 6 heteroatoms. The number of hydrogen-bond acceptors (Lipinski definition) is 5. The zero-order valence-corrected chi connectivity index (χ0v) is 13.7. The topological polar surface area (TPSA) is 92.8 Å². The van der Waals surface area contributed by atoms with Crippen LogP contribution < -0.4 is 0 Å². The van der Waals surface area contributed by atoms with Crippen LogP contribution in [0.15, 0.2) is 41.6 Å². The molecule has 0 heterocycles. The van der Waals surface area contributed by atoms with Gasteiger partial charge in [0.15, 0.2) is 5.78 Å². The van der Waals surface area contributed by atoms with Crippen LogP contribution >= 0.6 is 0 Å². The van der Waals surface area contributed by atoms with E-state index in [9.17, 15) is 20.1 Å². The minimum atomic E-state index is -0.533. The minimum Gasteiger partial charge on any atom is -0.411 e. The van der Waals surface area contributed by atoms with Crippen LogP contribution in [-0.4, -0.2) is 21.6 Å². The maximum absolute atomic E-state index is 12.6. The van der Waals surface area contributed by atoms with Crippen LogP contribution in [0.1, 0.15) is 39.0 Å². The summed E-state index contributed by atoms with van der Waals surface area (Å²) in [6, 6.07) is 9.54. The Kier molecular flexibility index (Phi) is 5.08. The molecule has 0 fully saturated rings. The van der Waals surface area contributed by atoms with Gasteiger partial charge in [-0.15, -0.1) is 0 Å². The Labute approximate surface area is 139 Å². The van der Waals surface area contributed by atoms with Crippen molar-refractivity contribution in [3.63, 3.8) is 0 Å². The molecule has 2 aromatic rings. The lowest BCUT2D eigenvalue weighted by atomic mass is 9.93. The molecule has 0 aliphatic carbocycles. The molecule has 0 saturated heterocycles. The number of carbonyl (C=O) groups excluding carboxylic acids is 1. The minimum absolute atomic E-state index is 0.100. The first-order valence-corrected chi connectivity index (χ1v) is 7.40. The number of benzene rings is 2. The fourth-order valence-electron chi connectivity index (χ4n) is 2.85. The Morgan fingerprint density at radius 2 is 1.79 bits per heavy atom. The van der Waals surface area contributed by atoms with E-state index in [2.05, 4.69) is 5.16 Å². The first-order chi connectivity index (χ1) is 11.3. The normalized spacial score (nSPS) is 11.4. The first-order valence-electron chi connectivity index (χ1n) is 7.40. The van der Waals surface area contributed by atoms with Crippen LogP contribution in [0.25, 0.3) is 0 Å². The molecular weight excluding hydrogens is 308 g/mol. The third-order valence-corrected chi connectivity index (χ3v) is 3.79. The first kappa shape index (κ1) is 17.3. The largest absolute Gasteiger partial charge is 0.411 e. The van der Waals surface area contributed by atoms with Gasteiger partial charge in [0.2, 0.25) is 0 Å². The molecule has 0 bridgehead atoms. The Bertz CT molecular complexity index is 818. The Hall–Kier alpha value is -3.02. The lowest BCUT2D eigenvalue weighted by Crippen LogP contribution is -2.13. The quantitative estimate of drug-likeness (QED) is 0.296. The number of ketones is 1. The van der Waals surface area contributed by atoms with Gasteiger partial charge in [-0.1, -0.05) is 35.0 Å². The number of rotatable bonds is 5. The van der Waals surface area contributed by atoms with E-state index in [0.717, 1.165) is 16.7 Å². The summed E-state index contributed by atoms with van der Waals surface area (Å²) in [5, 5.41) is 23.3. The predicted molar refractivity (Wildman–Crippen MR) is 91.0 cm³/mol. The molecule has 0 aliphatic heterocycles. The van der Waals surface area contributed by atoms with E-state index in [1.165, 1.54) is 18.2 Å². The molecule has 0 unspecified atom stereocenters. The number of non-ortho nitro benzene ring substituents is 1. The van der Waals surface area contributed by atoms with E-state index in [1.807, 2.05) is 32.9 Å². The fraction of sp³-hybridized carbons (Fsp3) is 0.222. The molecular formula is C18H18N2O4. The Morgan fingerprint density at radius 1 is 1.17 bits per heavy atom. The number of nitro benzene ring substituents is 1. The monoisotopic (exact) mass is 326 g/mol. The molecule has 0 amide bonds. The van der Waals surface area contributed by atoms with Gasteiger partial charge in [-0.3, -0.25) is 14.9 Å². The Morgan fingerprint density at radius 3 is 2.33 bits per heavy atom. The van der Waals surface area contributed by atoms with Gasteiger partial charge < -0.3 is 5.21 Å². The highest BCUT2D eigenvalue weighted by atomic mass is 16.6. The van der Waals surface area contributed by atoms with Gasteiger partial charge in [-0.25, -0.2) is 0 Å². The molecule has 0 spiro atoms. The third kappa shape index (κ3) is 3.65. The molecule has 1 N–H and O–H groups in total. The highest BCUT2D eigenvalue weighted by Crippen LogP contribution is 2.21. The second kappa shape index (κ2) is 7.04. The second-order valence-corrected chi connectivity index (χ2v) is 5.73. The van der Waals surface area contributed by atoms with Gasteiger partial charge in [-0.05, 0) is 31.9 Å². The molecule has 6 nitrogen and oxygen atoms in total. The summed E-state index contributed by atoms with van der Waals surface area (Å²) in [5.74, 6) is -0.190. The molecule has 124 valence electrons. The van der Waals surface area contributed by atoms with E-state index in [4.69, 9.17) is 0 Å². The summed E-state index contributed by atoms with van der Waals surface area (Å²) in [6.45, 7) is 5.67. The van der Waals surface area contributed by atoms with Crippen LogP contribution in [0.3, 0.4) is 0 Å². The zero-order valence-electron chi connectivity index (χ0n) is 13.7. The Balaban J connectivity index is 2.33. The van der Waals surface area contributed by atoms with Crippen LogP contribution in [0.5, 0.6) is 0 Å². The van der Waals surface area contributed by atoms with Crippen molar-refractivity contribution < 1.29 is 14.9 Å². The molecule has 2 rings (SSSR count). The van der Waals surface area contributed by atoms with Crippen LogP contribution in [0, 0.1) is 30.9 Å². The van der Waals surface area contributed by atoms with Crippen molar-refractivity contribution >= 4 is 17.2 Å². The fourth-order valence-corrected chi connectivity index (χ4v) is 2.85. The van der Waals surface area contributed by atoms with Crippen molar-refractivity contribution in [1.29, 1.82) is 0 Å².